The molecule has 34 heavy (non-hydrogen) atoms. The molecule has 0 bridgehead atoms. The maximum atomic E-state index is 12.7. The van der Waals surface area contributed by atoms with E-state index >= 15 is 0 Å². The number of fused-ring (bicyclic) bond motifs is 1. The van der Waals surface area contributed by atoms with Crippen molar-refractivity contribution in [1.82, 2.24) is 4.90 Å². The molecular formula is C25H26Cl2N2O4S. The number of benzene rings is 2. The number of hydrogen-bond donors (Lipinski definition) is 1. The zero-order valence-electron chi connectivity index (χ0n) is 18.7. The molecule has 1 aliphatic heterocycles. The van der Waals surface area contributed by atoms with Gasteiger partial charge in [0.05, 0.1) is 12.2 Å². The van der Waals surface area contributed by atoms with Gasteiger partial charge < -0.3 is 14.8 Å². The van der Waals surface area contributed by atoms with Gasteiger partial charge in [-0.3, -0.25) is 9.69 Å². The maximum Gasteiger partial charge on any atom is 0.341 e. The molecule has 1 N–H and O–H groups in total. The van der Waals surface area contributed by atoms with Crippen molar-refractivity contribution in [3.05, 3.63) is 81.2 Å². The first-order chi connectivity index (χ1) is 16.0. The molecule has 1 aliphatic rings. The van der Waals surface area contributed by atoms with Crippen molar-refractivity contribution in [2.24, 2.45) is 0 Å². The number of ether oxygens (including phenoxy) is 2. The summed E-state index contributed by atoms with van der Waals surface area (Å²) in [7, 11) is 0. The van der Waals surface area contributed by atoms with E-state index < -0.39 is 5.97 Å². The van der Waals surface area contributed by atoms with E-state index in [1.165, 1.54) is 16.9 Å². The SMILES string of the molecule is CCOC(=O)c1c(NC(=O)COc2ccc(Cl)cc2)sc2c1CCN(Cc1ccccc1)C2.Cl. The van der Waals surface area contributed by atoms with E-state index in [0.717, 1.165) is 36.5 Å². The van der Waals surface area contributed by atoms with Gasteiger partial charge in [0.1, 0.15) is 10.8 Å². The zero-order valence-corrected chi connectivity index (χ0v) is 21.1. The summed E-state index contributed by atoms with van der Waals surface area (Å²) in [5, 5.41) is 3.97. The highest BCUT2D eigenvalue weighted by molar-refractivity contribution is 7.17. The number of carbonyl (C=O) groups is 2. The fourth-order valence-corrected chi connectivity index (χ4v) is 5.20. The highest BCUT2D eigenvalue weighted by Gasteiger charge is 2.29. The van der Waals surface area contributed by atoms with Gasteiger partial charge in [-0.05, 0) is 48.7 Å². The van der Waals surface area contributed by atoms with E-state index in [1.54, 1.807) is 31.2 Å². The maximum absolute atomic E-state index is 12.7. The number of carbonyl (C=O) groups excluding carboxylic acids is 2. The number of esters is 1. The van der Waals surface area contributed by atoms with Crippen molar-refractivity contribution in [3.63, 3.8) is 0 Å². The first-order valence-electron chi connectivity index (χ1n) is 10.8. The molecule has 3 aromatic rings. The minimum absolute atomic E-state index is 0. The van der Waals surface area contributed by atoms with E-state index in [9.17, 15) is 9.59 Å². The highest BCUT2D eigenvalue weighted by Crippen LogP contribution is 2.38. The minimum atomic E-state index is -0.402. The van der Waals surface area contributed by atoms with Crippen LogP contribution in [0, 0.1) is 0 Å². The van der Waals surface area contributed by atoms with Gasteiger partial charge in [-0.2, -0.15) is 0 Å². The molecule has 2 heterocycles. The average Bonchev–Trinajstić information content (AvgIpc) is 3.16. The molecule has 180 valence electrons. The number of nitrogens with one attached hydrogen (secondary N) is 1. The molecule has 0 saturated carbocycles. The number of rotatable bonds is 8. The lowest BCUT2D eigenvalue weighted by Crippen LogP contribution is -2.30. The average molecular weight is 521 g/mol. The standard InChI is InChI=1S/C25H25ClN2O4S.ClH/c1-2-31-25(30)23-20-12-13-28(14-17-6-4-3-5-7-17)15-21(20)33-24(23)27-22(29)16-32-19-10-8-18(26)9-11-19;/h3-11H,2,12-16H2,1H3,(H,27,29);1H. The highest BCUT2D eigenvalue weighted by atomic mass is 35.5. The first-order valence-corrected chi connectivity index (χ1v) is 12.0. The van der Waals surface area contributed by atoms with E-state index in [4.69, 9.17) is 21.1 Å². The van der Waals surface area contributed by atoms with Crippen LogP contribution in [0.3, 0.4) is 0 Å². The topological polar surface area (TPSA) is 67.9 Å². The van der Waals surface area contributed by atoms with Crippen LogP contribution < -0.4 is 10.1 Å². The number of thiophene rings is 1. The monoisotopic (exact) mass is 520 g/mol. The first kappa shape index (κ1) is 26.0. The van der Waals surface area contributed by atoms with Crippen molar-refractivity contribution in [2.45, 2.75) is 26.4 Å². The summed E-state index contributed by atoms with van der Waals surface area (Å²) in [6.07, 6.45) is 0.726. The molecule has 0 radical (unpaired) electrons. The summed E-state index contributed by atoms with van der Waals surface area (Å²) < 4.78 is 10.8. The molecular weight excluding hydrogens is 495 g/mol. The Kier molecular flexibility index (Phi) is 9.36. The number of anilines is 1. The third-order valence-electron chi connectivity index (χ3n) is 5.30. The lowest BCUT2D eigenvalue weighted by Gasteiger charge is -2.27. The third kappa shape index (κ3) is 6.51. The van der Waals surface area contributed by atoms with Crippen LogP contribution in [0.4, 0.5) is 5.00 Å². The molecule has 0 unspecified atom stereocenters. The Labute approximate surface area is 214 Å². The number of nitrogens with zero attached hydrogens (tertiary/aromatic N) is 1. The lowest BCUT2D eigenvalue weighted by atomic mass is 10.0. The summed E-state index contributed by atoms with van der Waals surface area (Å²) in [6, 6.07) is 17.1. The third-order valence-corrected chi connectivity index (χ3v) is 6.69. The second-order valence-corrected chi connectivity index (χ2v) is 9.21. The fraction of sp³-hybridized carbons (Fsp3) is 0.280. The van der Waals surface area contributed by atoms with E-state index in [2.05, 4.69) is 22.3 Å². The Hall–Kier alpha value is -2.58. The molecule has 0 atom stereocenters. The lowest BCUT2D eigenvalue weighted by molar-refractivity contribution is -0.118. The van der Waals surface area contributed by atoms with Gasteiger partial charge in [0.15, 0.2) is 6.61 Å². The number of hydrogen-bond acceptors (Lipinski definition) is 6. The largest absolute Gasteiger partial charge is 0.484 e. The Bertz CT molecular complexity index is 1120. The Morgan fingerprint density at radius 3 is 2.56 bits per heavy atom. The molecule has 0 fully saturated rings. The van der Waals surface area contributed by atoms with Crippen molar-refractivity contribution < 1.29 is 19.1 Å². The fourth-order valence-electron chi connectivity index (χ4n) is 3.78. The Balaban J connectivity index is 0.00000324. The van der Waals surface area contributed by atoms with Gasteiger partial charge in [-0.15, -0.1) is 23.7 Å². The van der Waals surface area contributed by atoms with Crippen LogP contribution in [0.2, 0.25) is 5.02 Å². The van der Waals surface area contributed by atoms with Gasteiger partial charge in [0, 0.05) is 29.5 Å². The van der Waals surface area contributed by atoms with Gasteiger partial charge >= 0.3 is 5.97 Å². The van der Waals surface area contributed by atoms with E-state index in [0.29, 0.717) is 21.3 Å². The van der Waals surface area contributed by atoms with Gasteiger partial charge in [0.2, 0.25) is 0 Å². The van der Waals surface area contributed by atoms with Gasteiger partial charge in [-0.1, -0.05) is 41.9 Å². The minimum Gasteiger partial charge on any atom is -0.484 e. The number of amides is 1. The van der Waals surface area contributed by atoms with Crippen LogP contribution in [0.15, 0.2) is 54.6 Å². The molecule has 6 nitrogen and oxygen atoms in total. The summed E-state index contributed by atoms with van der Waals surface area (Å²) in [6.45, 7) is 4.26. The van der Waals surface area contributed by atoms with Crippen molar-refractivity contribution in [1.29, 1.82) is 0 Å². The molecule has 1 amide bonds. The molecule has 1 aromatic heterocycles. The predicted molar refractivity (Wildman–Crippen MR) is 137 cm³/mol. The van der Waals surface area contributed by atoms with Crippen molar-refractivity contribution >= 4 is 52.2 Å². The second kappa shape index (κ2) is 12.2. The molecule has 4 rings (SSSR count). The smallest absolute Gasteiger partial charge is 0.341 e. The van der Waals surface area contributed by atoms with Crippen LogP contribution in [0.25, 0.3) is 0 Å². The van der Waals surface area contributed by atoms with Crippen LogP contribution in [0.5, 0.6) is 5.75 Å². The summed E-state index contributed by atoms with van der Waals surface area (Å²) in [5.74, 6) is -0.196. The summed E-state index contributed by atoms with van der Waals surface area (Å²) >= 11 is 7.31. The van der Waals surface area contributed by atoms with Crippen molar-refractivity contribution in [3.8, 4) is 5.75 Å². The summed E-state index contributed by atoms with van der Waals surface area (Å²) in [4.78, 5) is 28.7. The van der Waals surface area contributed by atoms with Crippen LogP contribution in [0.1, 0.15) is 33.3 Å². The Morgan fingerprint density at radius 1 is 1.12 bits per heavy atom. The zero-order chi connectivity index (χ0) is 23.2. The van der Waals surface area contributed by atoms with Crippen LogP contribution >= 0.6 is 35.3 Å². The van der Waals surface area contributed by atoms with Gasteiger partial charge in [0.25, 0.3) is 5.91 Å². The molecule has 9 heteroatoms. The summed E-state index contributed by atoms with van der Waals surface area (Å²) in [5.41, 5.74) is 2.68. The number of halogens is 2. The Morgan fingerprint density at radius 2 is 1.85 bits per heavy atom. The predicted octanol–water partition coefficient (Wildman–Crippen LogP) is 5.58. The quantitative estimate of drug-likeness (QED) is 0.393. The molecule has 0 aliphatic carbocycles. The van der Waals surface area contributed by atoms with E-state index in [1.807, 2.05) is 18.2 Å². The molecule has 0 saturated heterocycles. The second-order valence-electron chi connectivity index (χ2n) is 7.67. The van der Waals surface area contributed by atoms with Crippen molar-refractivity contribution in [2.75, 3.05) is 25.1 Å². The molecule has 2 aromatic carbocycles. The molecule has 0 spiro atoms. The normalized spacial score (nSPS) is 12.9. The van der Waals surface area contributed by atoms with Gasteiger partial charge in [-0.25, -0.2) is 4.79 Å². The van der Waals surface area contributed by atoms with E-state index in [-0.39, 0.29) is 31.5 Å². The van der Waals surface area contributed by atoms with Crippen LogP contribution in [-0.2, 0) is 29.0 Å². The van der Waals surface area contributed by atoms with Crippen LogP contribution in [-0.4, -0.2) is 36.5 Å².